The summed E-state index contributed by atoms with van der Waals surface area (Å²) < 4.78 is 10.5. The molecule has 0 aromatic heterocycles. The van der Waals surface area contributed by atoms with E-state index >= 15 is 0 Å². The lowest BCUT2D eigenvalue weighted by Crippen LogP contribution is -2.50. The first-order chi connectivity index (χ1) is 17.0. The van der Waals surface area contributed by atoms with Crippen LogP contribution in [0.1, 0.15) is 36.5 Å². The molecule has 0 aliphatic heterocycles. The predicted molar refractivity (Wildman–Crippen MR) is 137 cm³/mol. The summed E-state index contributed by atoms with van der Waals surface area (Å²) in [6, 6.07) is 24.3. The first-order valence-corrected chi connectivity index (χ1v) is 11.9. The highest BCUT2D eigenvalue weighted by molar-refractivity contribution is 5.88. The van der Waals surface area contributed by atoms with Crippen LogP contribution in [0.3, 0.4) is 0 Å². The first-order valence-electron chi connectivity index (χ1n) is 11.9. The van der Waals surface area contributed by atoms with Crippen LogP contribution in [-0.4, -0.2) is 37.0 Å². The second kappa shape index (κ2) is 13.2. The molecule has 0 bridgehead atoms. The van der Waals surface area contributed by atoms with Gasteiger partial charge in [0, 0.05) is 25.9 Å². The maximum atomic E-state index is 13.5. The van der Waals surface area contributed by atoms with Crippen LogP contribution in [0.4, 0.5) is 0 Å². The summed E-state index contributed by atoms with van der Waals surface area (Å²) in [5.74, 6) is 1.29. The minimum Gasteiger partial charge on any atom is -0.497 e. The molecular formula is C29H34N2O4. The van der Waals surface area contributed by atoms with Gasteiger partial charge in [0.15, 0.2) is 0 Å². The zero-order valence-corrected chi connectivity index (χ0v) is 20.7. The van der Waals surface area contributed by atoms with Crippen molar-refractivity contribution >= 4 is 11.8 Å². The molecule has 0 heterocycles. The molecular weight excluding hydrogens is 440 g/mol. The Morgan fingerprint density at radius 1 is 0.800 bits per heavy atom. The van der Waals surface area contributed by atoms with Crippen molar-refractivity contribution in [1.29, 1.82) is 0 Å². The Kier molecular flexibility index (Phi) is 9.72. The van der Waals surface area contributed by atoms with Gasteiger partial charge < -0.3 is 19.7 Å². The lowest BCUT2D eigenvalue weighted by atomic mass is 10.0. The summed E-state index contributed by atoms with van der Waals surface area (Å²) in [6.45, 7) is 2.68. The van der Waals surface area contributed by atoms with E-state index in [1.165, 1.54) is 0 Å². The number of benzene rings is 3. The maximum Gasteiger partial charge on any atom is 0.243 e. The van der Waals surface area contributed by atoms with Gasteiger partial charge in [-0.25, -0.2) is 0 Å². The molecule has 3 aromatic carbocycles. The van der Waals surface area contributed by atoms with E-state index in [0.29, 0.717) is 32.4 Å². The topological polar surface area (TPSA) is 67.9 Å². The monoisotopic (exact) mass is 474 g/mol. The zero-order valence-electron chi connectivity index (χ0n) is 20.7. The summed E-state index contributed by atoms with van der Waals surface area (Å²) >= 11 is 0. The molecule has 1 atom stereocenters. The molecule has 0 spiro atoms. The lowest BCUT2D eigenvalue weighted by molar-refractivity contribution is -0.141. The lowest BCUT2D eigenvalue weighted by Gasteiger charge is -2.31. The predicted octanol–water partition coefficient (Wildman–Crippen LogP) is 4.76. The fourth-order valence-electron chi connectivity index (χ4n) is 3.89. The Hall–Kier alpha value is -3.80. The average molecular weight is 475 g/mol. The largest absolute Gasteiger partial charge is 0.497 e. The second-order valence-electron chi connectivity index (χ2n) is 8.39. The van der Waals surface area contributed by atoms with Gasteiger partial charge in [-0.05, 0) is 47.4 Å². The molecule has 0 unspecified atom stereocenters. The summed E-state index contributed by atoms with van der Waals surface area (Å²) in [4.78, 5) is 28.5. The van der Waals surface area contributed by atoms with Crippen LogP contribution >= 0.6 is 0 Å². The number of nitrogens with zero attached hydrogens (tertiary/aromatic N) is 1. The van der Waals surface area contributed by atoms with Gasteiger partial charge in [-0.3, -0.25) is 9.59 Å². The summed E-state index contributed by atoms with van der Waals surface area (Å²) in [7, 11) is 3.24. The Bertz CT molecular complexity index is 1070. The molecule has 0 aliphatic carbocycles. The van der Waals surface area contributed by atoms with Crippen LogP contribution in [-0.2, 0) is 29.1 Å². The van der Waals surface area contributed by atoms with Crippen LogP contribution in [0, 0.1) is 0 Å². The minimum absolute atomic E-state index is 0.0381. The van der Waals surface area contributed by atoms with E-state index in [1.54, 1.807) is 19.1 Å². The van der Waals surface area contributed by atoms with Gasteiger partial charge in [-0.2, -0.15) is 0 Å². The van der Waals surface area contributed by atoms with Crippen molar-refractivity contribution in [3.63, 3.8) is 0 Å². The summed E-state index contributed by atoms with van der Waals surface area (Å²) in [5, 5.41) is 3.04. The van der Waals surface area contributed by atoms with Gasteiger partial charge in [-0.15, -0.1) is 0 Å². The third kappa shape index (κ3) is 7.60. The van der Waals surface area contributed by atoms with E-state index in [-0.39, 0.29) is 11.8 Å². The van der Waals surface area contributed by atoms with E-state index < -0.39 is 6.04 Å². The quantitative estimate of drug-likeness (QED) is 0.411. The van der Waals surface area contributed by atoms with Crippen LogP contribution in [0.15, 0.2) is 78.9 Å². The van der Waals surface area contributed by atoms with Crippen LogP contribution < -0.4 is 14.8 Å². The van der Waals surface area contributed by atoms with E-state index in [2.05, 4.69) is 5.32 Å². The first kappa shape index (κ1) is 25.8. The highest BCUT2D eigenvalue weighted by atomic mass is 16.5. The minimum atomic E-state index is -0.642. The van der Waals surface area contributed by atoms with Gasteiger partial charge in [0.05, 0.1) is 14.2 Å². The number of carbonyl (C=O) groups excluding carboxylic acids is 2. The standard InChI is InChI=1S/C29H34N2O4/c1-4-8-28(32)31(21-24-13-17-26(35-3)18-14-24)27(19-22-9-6-5-7-10-22)29(33)30-20-23-11-15-25(34-2)16-12-23/h5-7,9-18,27H,4,8,19-21H2,1-3H3,(H,30,33)/t27-/m1/s1. The van der Waals surface area contributed by atoms with Crippen molar-refractivity contribution in [2.45, 2.75) is 45.3 Å². The molecule has 184 valence electrons. The molecule has 35 heavy (non-hydrogen) atoms. The normalized spacial score (nSPS) is 11.4. The van der Waals surface area contributed by atoms with Gasteiger partial charge in [0.25, 0.3) is 0 Å². The molecule has 0 radical (unpaired) electrons. The highest BCUT2D eigenvalue weighted by Gasteiger charge is 2.29. The number of rotatable bonds is 12. The van der Waals surface area contributed by atoms with Crippen molar-refractivity contribution in [1.82, 2.24) is 10.2 Å². The number of hydrogen-bond acceptors (Lipinski definition) is 4. The fraction of sp³-hybridized carbons (Fsp3) is 0.310. The van der Waals surface area contributed by atoms with Crippen molar-refractivity contribution in [3.05, 3.63) is 95.6 Å². The summed E-state index contributed by atoms with van der Waals surface area (Å²) in [5.41, 5.74) is 2.90. The number of amides is 2. The van der Waals surface area contributed by atoms with Gasteiger partial charge >= 0.3 is 0 Å². The Labute approximate surface area is 207 Å². The third-order valence-corrected chi connectivity index (χ3v) is 5.87. The number of hydrogen-bond donors (Lipinski definition) is 1. The number of nitrogens with one attached hydrogen (secondary N) is 1. The highest BCUT2D eigenvalue weighted by Crippen LogP contribution is 2.19. The van der Waals surface area contributed by atoms with Crippen molar-refractivity contribution in [3.8, 4) is 11.5 Å². The molecule has 6 nitrogen and oxygen atoms in total. The fourth-order valence-corrected chi connectivity index (χ4v) is 3.89. The van der Waals surface area contributed by atoms with E-state index in [4.69, 9.17) is 9.47 Å². The SMILES string of the molecule is CCCC(=O)N(Cc1ccc(OC)cc1)[C@H](Cc1ccccc1)C(=O)NCc1ccc(OC)cc1. The zero-order chi connectivity index (χ0) is 25.0. The maximum absolute atomic E-state index is 13.5. The molecule has 3 aromatic rings. The van der Waals surface area contributed by atoms with Crippen molar-refractivity contribution in [2.24, 2.45) is 0 Å². The molecule has 1 N–H and O–H groups in total. The van der Waals surface area contributed by atoms with Crippen LogP contribution in [0.25, 0.3) is 0 Å². The molecule has 2 amide bonds. The van der Waals surface area contributed by atoms with E-state index in [9.17, 15) is 9.59 Å². The van der Waals surface area contributed by atoms with Crippen molar-refractivity contribution < 1.29 is 19.1 Å². The van der Waals surface area contributed by atoms with Crippen LogP contribution in [0.2, 0.25) is 0 Å². The second-order valence-corrected chi connectivity index (χ2v) is 8.39. The van der Waals surface area contributed by atoms with Crippen molar-refractivity contribution in [2.75, 3.05) is 14.2 Å². The van der Waals surface area contributed by atoms with Gasteiger partial charge in [0.1, 0.15) is 17.5 Å². The summed E-state index contributed by atoms with van der Waals surface area (Å²) in [6.07, 6.45) is 1.53. The third-order valence-electron chi connectivity index (χ3n) is 5.87. The Morgan fingerprint density at radius 2 is 1.37 bits per heavy atom. The Balaban J connectivity index is 1.85. The van der Waals surface area contributed by atoms with E-state index in [0.717, 1.165) is 28.2 Å². The molecule has 0 aliphatic rings. The molecule has 0 fully saturated rings. The van der Waals surface area contributed by atoms with E-state index in [1.807, 2.05) is 85.8 Å². The molecule has 0 saturated heterocycles. The smallest absolute Gasteiger partial charge is 0.243 e. The molecule has 3 rings (SSSR count). The Morgan fingerprint density at radius 3 is 1.91 bits per heavy atom. The van der Waals surface area contributed by atoms with Gasteiger partial charge in [-0.1, -0.05) is 61.5 Å². The average Bonchev–Trinajstić information content (AvgIpc) is 2.90. The number of methoxy groups -OCH3 is 2. The molecule has 0 saturated carbocycles. The molecule has 6 heteroatoms. The number of ether oxygens (including phenoxy) is 2. The van der Waals surface area contributed by atoms with Gasteiger partial charge in [0.2, 0.25) is 11.8 Å². The number of carbonyl (C=O) groups is 2. The van der Waals surface area contributed by atoms with Crippen LogP contribution in [0.5, 0.6) is 11.5 Å².